The van der Waals surface area contributed by atoms with E-state index in [1.807, 2.05) is 0 Å². The van der Waals surface area contributed by atoms with Gasteiger partial charge in [-0.15, -0.1) is 0 Å². The van der Waals surface area contributed by atoms with Gasteiger partial charge in [0, 0.05) is 5.69 Å². The lowest BCUT2D eigenvalue weighted by atomic mass is 9.93. The SMILES string of the molecule is [B]c1ccc(C(=O)OC)cc1N. The van der Waals surface area contributed by atoms with Gasteiger partial charge in [-0.1, -0.05) is 11.5 Å². The number of esters is 1. The molecule has 0 aliphatic heterocycles. The molecule has 0 aromatic heterocycles. The topological polar surface area (TPSA) is 52.3 Å². The molecule has 0 aliphatic rings. The summed E-state index contributed by atoms with van der Waals surface area (Å²) in [6.45, 7) is 0. The first kappa shape index (κ1) is 8.65. The molecule has 3 nitrogen and oxygen atoms in total. The van der Waals surface area contributed by atoms with Gasteiger partial charge in [0.05, 0.1) is 12.7 Å². The molecule has 0 bridgehead atoms. The molecule has 1 rings (SSSR count). The van der Waals surface area contributed by atoms with Gasteiger partial charge in [0.1, 0.15) is 7.85 Å². The van der Waals surface area contributed by atoms with E-state index in [0.717, 1.165) is 0 Å². The maximum absolute atomic E-state index is 11.0. The molecule has 0 spiro atoms. The number of methoxy groups -OCH3 is 1. The molecule has 2 radical (unpaired) electrons. The van der Waals surface area contributed by atoms with Crippen molar-refractivity contribution >= 4 is 25.0 Å². The molecule has 0 heterocycles. The van der Waals surface area contributed by atoms with Crippen LogP contribution in [0.25, 0.3) is 0 Å². The highest BCUT2D eigenvalue weighted by molar-refractivity contribution is 6.35. The van der Waals surface area contributed by atoms with Gasteiger partial charge in [0.15, 0.2) is 0 Å². The quantitative estimate of drug-likeness (QED) is 0.354. The number of ether oxygens (including phenoxy) is 1. The van der Waals surface area contributed by atoms with E-state index in [1.165, 1.54) is 13.2 Å². The number of carbonyl (C=O) groups is 1. The van der Waals surface area contributed by atoms with Gasteiger partial charge in [-0.05, 0) is 12.1 Å². The minimum absolute atomic E-state index is 0.387. The van der Waals surface area contributed by atoms with Gasteiger partial charge in [0.2, 0.25) is 0 Å². The lowest BCUT2D eigenvalue weighted by Gasteiger charge is -2.02. The van der Waals surface area contributed by atoms with Crippen LogP contribution in [0.2, 0.25) is 0 Å². The third kappa shape index (κ3) is 1.58. The predicted molar refractivity (Wildman–Crippen MR) is 47.6 cm³/mol. The Morgan fingerprint density at radius 2 is 2.25 bits per heavy atom. The Labute approximate surface area is 71.9 Å². The Hall–Kier alpha value is -1.45. The Morgan fingerprint density at radius 3 is 2.75 bits per heavy atom. The maximum Gasteiger partial charge on any atom is 0.337 e. The fourth-order valence-corrected chi connectivity index (χ4v) is 0.820. The molecule has 12 heavy (non-hydrogen) atoms. The summed E-state index contributed by atoms with van der Waals surface area (Å²) in [7, 11) is 6.77. The number of hydrogen-bond acceptors (Lipinski definition) is 3. The Morgan fingerprint density at radius 1 is 1.58 bits per heavy atom. The van der Waals surface area contributed by atoms with Crippen LogP contribution in [0.3, 0.4) is 0 Å². The van der Waals surface area contributed by atoms with Crippen molar-refractivity contribution < 1.29 is 9.53 Å². The molecule has 0 saturated heterocycles. The molecular weight excluding hydrogens is 153 g/mol. The van der Waals surface area contributed by atoms with Crippen LogP contribution >= 0.6 is 0 Å². The standard InChI is InChI=1S/C8H8BNO2/c1-12-8(11)5-2-3-6(9)7(10)4-5/h2-4H,10H2,1H3. The number of rotatable bonds is 1. The maximum atomic E-state index is 11.0. The van der Waals surface area contributed by atoms with Crippen molar-refractivity contribution in [1.29, 1.82) is 0 Å². The average molecular weight is 161 g/mol. The molecular formula is C8H8BNO2. The van der Waals surface area contributed by atoms with Crippen LogP contribution in [0.4, 0.5) is 5.69 Å². The number of benzene rings is 1. The van der Waals surface area contributed by atoms with E-state index in [4.69, 9.17) is 13.6 Å². The highest BCUT2D eigenvalue weighted by Crippen LogP contribution is 2.04. The first-order chi connectivity index (χ1) is 5.65. The first-order valence-electron chi connectivity index (χ1n) is 3.38. The molecule has 0 fully saturated rings. The molecule has 2 N–H and O–H groups in total. The van der Waals surface area contributed by atoms with Crippen molar-refractivity contribution in [2.45, 2.75) is 0 Å². The molecule has 0 atom stereocenters. The molecule has 0 saturated carbocycles. The normalized spacial score (nSPS) is 9.42. The van der Waals surface area contributed by atoms with E-state index in [1.54, 1.807) is 12.1 Å². The molecule has 0 amide bonds. The third-order valence-electron chi connectivity index (χ3n) is 1.51. The van der Waals surface area contributed by atoms with Crippen LogP contribution in [0.15, 0.2) is 18.2 Å². The molecule has 60 valence electrons. The van der Waals surface area contributed by atoms with Crippen molar-refractivity contribution in [3.63, 3.8) is 0 Å². The van der Waals surface area contributed by atoms with E-state index >= 15 is 0 Å². The summed E-state index contributed by atoms with van der Waals surface area (Å²) < 4.78 is 4.50. The van der Waals surface area contributed by atoms with E-state index in [-0.39, 0.29) is 0 Å². The second-order valence-electron chi connectivity index (χ2n) is 2.34. The zero-order chi connectivity index (χ0) is 9.14. The first-order valence-corrected chi connectivity index (χ1v) is 3.38. The van der Waals surface area contributed by atoms with Gasteiger partial charge < -0.3 is 10.5 Å². The van der Waals surface area contributed by atoms with Crippen molar-refractivity contribution in [3.8, 4) is 0 Å². The largest absolute Gasteiger partial charge is 0.465 e. The van der Waals surface area contributed by atoms with Crippen LogP contribution in [0.5, 0.6) is 0 Å². The zero-order valence-corrected chi connectivity index (χ0v) is 6.70. The summed E-state index contributed by atoms with van der Waals surface area (Å²) in [6, 6.07) is 4.63. The fraction of sp³-hybridized carbons (Fsp3) is 0.125. The highest BCUT2D eigenvalue weighted by Gasteiger charge is 2.05. The molecule has 0 aliphatic carbocycles. The van der Waals surface area contributed by atoms with Crippen LogP contribution in [-0.4, -0.2) is 20.9 Å². The average Bonchev–Trinajstić information content (AvgIpc) is 2.08. The van der Waals surface area contributed by atoms with Crippen molar-refractivity contribution in [1.82, 2.24) is 0 Å². The molecule has 1 aromatic carbocycles. The monoisotopic (exact) mass is 161 g/mol. The minimum atomic E-state index is -0.415. The van der Waals surface area contributed by atoms with Gasteiger partial charge in [-0.25, -0.2) is 4.79 Å². The van der Waals surface area contributed by atoms with Crippen molar-refractivity contribution in [3.05, 3.63) is 23.8 Å². The smallest absolute Gasteiger partial charge is 0.337 e. The van der Waals surface area contributed by atoms with Crippen molar-refractivity contribution in [2.24, 2.45) is 0 Å². The van der Waals surface area contributed by atoms with Crippen LogP contribution in [0, 0.1) is 0 Å². The van der Waals surface area contributed by atoms with Gasteiger partial charge in [0.25, 0.3) is 0 Å². The summed E-state index contributed by atoms with van der Waals surface area (Å²) in [4.78, 5) is 11.0. The van der Waals surface area contributed by atoms with Gasteiger partial charge in [-0.3, -0.25) is 0 Å². The lowest BCUT2D eigenvalue weighted by molar-refractivity contribution is 0.0601. The Kier molecular flexibility index (Phi) is 2.38. The van der Waals surface area contributed by atoms with Crippen molar-refractivity contribution in [2.75, 3.05) is 12.8 Å². The number of anilines is 1. The van der Waals surface area contributed by atoms with E-state index in [2.05, 4.69) is 4.74 Å². The summed E-state index contributed by atoms with van der Waals surface area (Å²) >= 11 is 0. The number of nitrogen functional groups attached to an aromatic ring is 1. The minimum Gasteiger partial charge on any atom is -0.465 e. The summed E-state index contributed by atoms with van der Waals surface area (Å²) in [5.74, 6) is -0.415. The molecule has 1 aromatic rings. The molecule has 4 heteroatoms. The number of hydrogen-bond donors (Lipinski definition) is 1. The highest BCUT2D eigenvalue weighted by atomic mass is 16.5. The van der Waals surface area contributed by atoms with Gasteiger partial charge >= 0.3 is 5.97 Å². The Bertz CT molecular complexity index is 312. The number of carbonyl (C=O) groups excluding carboxylic acids is 1. The Balaban J connectivity index is 3.05. The lowest BCUT2D eigenvalue weighted by Crippen LogP contribution is -2.11. The second kappa shape index (κ2) is 3.30. The van der Waals surface area contributed by atoms with Crippen LogP contribution in [0.1, 0.15) is 10.4 Å². The van der Waals surface area contributed by atoms with E-state index in [0.29, 0.717) is 16.7 Å². The number of nitrogens with two attached hydrogens (primary N) is 1. The van der Waals surface area contributed by atoms with Crippen LogP contribution < -0.4 is 11.2 Å². The third-order valence-corrected chi connectivity index (χ3v) is 1.51. The fourth-order valence-electron chi connectivity index (χ4n) is 0.820. The van der Waals surface area contributed by atoms with E-state index < -0.39 is 5.97 Å². The zero-order valence-electron chi connectivity index (χ0n) is 6.70. The van der Waals surface area contributed by atoms with Gasteiger partial charge in [-0.2, -0.15) is 0 Å². The van der Waals surface area contributed by atoms with E-state index in [9.17, 15) is 4.79 Å². The summed E-state index contributed by atoms with van der Waals surface area (Å²) in [6.07, 6.45) is 0. The predicted octanol–water partition coefficient (Wildman–Crippen LogP) is -0.151. The molecule has 0 unspecified atom stereocenters. The van der Waals surface area contributed by atoms with Crippen LogP contribution in [-0.2, 0) is 4.74 Å². The second-order valence-corrected chi connectivity index (χ2v) is 2.34. The summed E-state index contributed by atoms with van der Waals surface area (Å²) in [5, 5.41) is 0. The summed E-state index contributed by atoms with van der Waals surface area (Å²) in [5.41, 5.74) is 6.73.